The largest absolute Gasteiger partial charge is 0.463 e. The summed E-state index contributed by atoms with van der Waals surface area (Å²) in [5.74, 6) is -0.943. The maximum Gasteiger partial charge on any atom is 0.358 e. The lowest BCUT2D eigenvalue weighted by atomic mass is 9.95. The van der Waals surface area contributed by atoms with Crippen molar-refractivity contribution in [3.05, 3.63) is 35.4 Å². The van der Waals surface area contributed by atoms with E-state index in [0.29, 0.717) is 0 Å². The molecule has 0 fully saturated rings. The Morgan fingerprint density at radius 3 is 2.50 bits per heavy atom. The Bertz CT molecular complexity index is 419. The van der Waals surface area contributed by atoms with Crippen LogP contribution in [0.2, 0.25) is 0 Å². The molecule has 0 aliphatic carbocycles. The first-order valence-electron chi connectivity index (χ1n) is 4.92. The normalized spacial score (nSPS) is 13.6. The number of ether oxygens (including phenoxy) is 1. The zero-order chi connectivity index (χ0) is 12.2. The summed E-state index contributed by atoms with van der Waals surface area (Å²) in [4.78, 5) is 11.5. The van der Waals surface area contributed by atoms with Gasteiger partial charge >= 0.3 is 5.97 Å². The Morgan fingerprint density at radius 2 is 2.06 bits per heavy atom. The van der Waals surface area contributed by atoms with Gasteiger partial charge in [0.2, 0.25) is 0 Å². The van der Waals surface area contributed by atoms with E-state index in [0.717, 1.165) is 5.56 Å². The topological polar surface area (TPSA) is 70.3 Å². The van der Waals surface area contributed by atoms with E-state index in [1.54, 1.807) is 25.1 Å². The molecule has 0 aliphatic rings. The molecule has 0 amide bonds. The lowest BCUT2D eigenvalue weighted by Crippen LogP contribution is -2.35. The second kappa shape index (κ2) is 4.77. The summed E-state index contributed by atoms with van der Waals surface area (Å²) in [6.07, 6.45) is 0. The zero-order valence-corrected chi connectivity index (χ0v) is 9.23. The number of aryl methyl sites for hydroxylation is 1. The number of carbonyl (C=O) groups is 1. The van der Waals surface area contributed by atoms with Crippen LogP contribution in [0.15, 0.2) is 24.3 Å². The first kappa shape index (κ1) is 12.2. The van der Waals surface area contributed by atoms with E-state index >= 15 is 0 Å². The first-order chi connectivity index (χ1) is 7.54. The maximum absolute atomic E-state index is 11.5. The van der Waals surface area contributed by atoms with Gasteiger partial charge in [0.05, 0.1) is 6.61 Å². The van der Waals surface area contributed by atoms with Gasteiger partial charge in [0, 0.05) is 5.56 Å². The van der Waals surface area contributed by atoms with Crippen molar-refractivity contribution in [1.82, 2.24) is 0 Å². The molecule has 1 rings (SSSR count). The molecule has 84 valence electrons. The molecule has 16 heavy (non-hydrogen) atoms. The molecule has 0 bridgehead atoms. The third-order valence-electron chi connectivity index (χ3n) is 2.20. The maximum atomic E-state index is 11.5. The quantitative estimate of drug-likeness (QED) is 0.614. The van der Waals surface area contributed by atoms with Crippen LogP contribution in [0.3, 0.4) is 0 Å². The molecule has 4 heteroatoms. The van der Waals surface area contributed by atoms with Crippen molar-refractivity contribution < 1.29 is 14.6 Å². The summed E-state index contributed by atoms with van der Waals surface area (Å²) in [7, 11) is 0. The van der Waals surface area contributed by atoms with E-state index in [2.05, 4.69) is 4.74 Å². The van der Waals surface area contributed by atoms with Crippen molar-refractivity contribution in [1.29, 1.82) is 5.26 Å². The molecule has 0 heterocycles. The molecule has 0 aliphatic heterocycles. The summed E-state index contributed by atoms with van der Waals surface area (Å²) < 4.78 is 4.67. The fraction of sp³-hybridized carbons (Fsp3) is 0.333. The first-order valence-corrected chi connectivity index (χ1v) is 4.92. The minimum atomic E-state index is -2.22. The summed E-state index contributed by atoms with van der Waals surface area (Å²) in [6.45, 7) is 3.61. The average molecular weight is 219 g/mol. The van der Waals surface area contributed by atoms with Crippen molar-refractivity contribution in [2.45, 2.75) is 19.4 Å². The molecule has 1 N–H and O–H groups in total. The third kappa shape index (κ3) is 2.20. The number of rotatable bonds is 3. The smallest absolute Gasteiger partial charge is 0.358 e. The van der Waals surface area contributed by atoms with Crippen LogP contribution in [0, 0.1) is 18.3 Å². The number of nitriles is 1. The molecule has 0 radical (unpaired) electrons. The van der Waals surface area contributed by atoms with Crippen molar-refractivity contribution in [2.75, 3.05) is 6.61 Å². The lowest BCUT2D eigenvalue weighted by Gasteiger charge is -2.18. The highest BCUT2D eigenvalue weighted by Crippen LogP contribution is 2.22. The van der Waals surface area contributed by atoms with Gasteiger partial charge in [0.15, 0.2) is 0 Å². The molecule has 0 aromatic heterocycles. The van der Waals surface area contributed by atoms with Gasteiger partial charge in [-0.25, -0.2) is 4.79 Å². The number of hydrogen-bond acceptors (Lipinski definition) is 4. The highest BCUT2D eigenvalue weighted by atomic mass is 16.5. The van der Waals surface area contributed by atoms with Crippen molar-refractivity contribution in [3.63, 3.8) is 0 Å². The van der Waals surface area contributed by atoms with Gasteiger partial charge < -0.3 is 9.84 Å². The van der Waals surface area contributed by atoms with Crippen LogP contribution in [0.25, 0.3) is 0 Å². The Kier molecular flexibility index (Phi) is 3.64. The SMILES string of the molecule is CCOC(=O)[C@](O)(C#N)c1ccc(C)cc1. The summed E-state index contributed by atoms with van der Waals surface area (Å²) in [5, 5.41) is 18.9. The zero-order valence-electron chi connectivity index (χ0n) is 9.23. The van der Waals surface area contributed by atoms with E-state index < -0.39 is 11.6 Å². The molecule has 4 nitrogen and oxygen atoms in total. The van der Waals surface area contributed by atoms with Crippen LogP contribution in [-0.4, -0.2) is 17.7 Å². The van der Waals surface area contributed by atoms with Crippen LogP contribution in [0.5, 0.6) is 0 Å². The van der Waals surface area contributed by atoms with Gasteiger partial charge in [-0.05, 0) is 13.8 Å². The Hall–Kier alpha value is -1.86. The van der Waals surface area contributed by atoms with E-state index in [1.165, 1.54) is 12.1 Å². The minimum absolute atomic E-state index is 0.120. The number of nitrogens with zero attached hydrogens (tertiary/aromatic N) is 1. The summed E-state index contributed by atoms with van der Waals surface area (Å²) >= 11 is 0. The van der Waals surface area contributed by atoms with Gasteiger partial charge in [-0.2, -0.15) is 5.26 Å². The molecular formula is C12H13NO3. The molecule has 0 saturated carbocycles. The van der Waals surface area contributed by atoms with Gasteiger partial charge in [-0.3, -0.25) is 0 Å². The second-order valence-electron chi connectivity index (χ2n) is 3.41. The van der Waals surface area contributed by atoms with Crippen LogP contribution >= 0.6 is 0 Å². The highest BCUT2D eigenvalue weighted by Gasteiger charge is 2.39. The van der Waals surface area contributed by atoms with Gasteiger partial charge in [0.25, 0.3) is 5.60 Å². The van der Waals surface area contributed by atoms with Crippen molar-refractivity contribution >= 4 is 5.97 Å². The third-order valence-corrected chi connectivity index (χ3v) is 2.20. The highest BCUT2D eigenvalue weighted by molar-refractivity contribution is 5.84. The van der Waals surface area contributed by atoms with E-state index in [1.807, 2.05) is 6.92 Å². The number of hydrogen-bond donors (Lipinski definition) is 1. The van der Waals surface area contributed by atoms with Crippen LogP contribution < -0.4 is 0 Å². The Labute approximate surface area is 94.1 Å². The fourth-order valence-corrected chi connectivity index (χ4v) is 1.26. The van der Waals surface area contributed by atoms with Gasteiger partial charge in [-0.15, -0.1) is 0 Å². The number of benzene rings is 1. The number of esters is 1. The van der Waals surface area contributed by atoms with Crippen molar-refractivity contribution in [3.8, 4) is 6.07 Å². The molecule has 0 spiro atoms. The molecular weight excluding hydrogens is 206 g/mol. The van der Waals surface area contributed by atoms with Crippen LogP contribution in [0.4, 0.5) is 0 Å². The van der Waals surface area contributed by atoms with Crippen LogP contribution in [-0.2, 0) is 15.1 Å². The van der Waals surface area contributed by atoms with E-state index in [-0.39, 0.29) is 12.2 Å². The predicted molar refractivity (Wildman–Crippen MR) is 57.3 cm³/mol. The monoisotopic (exact) mass is 219 g/mol. The average Bonchev–Trinajstić information content (AvgIpc) is 2.29. The predicted octanol–water partition coefficient (Wildman–Crippen LogP) is 1.27. The second-order valence-corrected chi connectivity index (χ2v) is 3.41. The van der Waals surface area contributed by atoms with Gasteiger partial charge in [0.1, 0.15) is 6.07 Å². The van der Waals surface area contributed by atoms with E-state index in [9.17, 15) is 9.90 Å². The fourth-order valence-electron chi connectivity index (χ4n) is 1.26. The van der Waals surface area contributed by atoms with Crippen LogP contribution in [0.1, 0.15) is 18.1 Å². The standard InChI is InChI=1S/C12H13NO3/c1-3-16-11(14)12(15,8-13)10-6-4-9(2)5-7-10/h4-7,15H,3H2,1-2H3/t12-/m0/s1. The molecule has 0 unspecified atom stereocenters. The molecule has 1 aromatic carbocycles. The molecule has 0 saturated heterocycles. The summed E-state index contributed by atoms with van der Waals surface area (Å²) in [5.41, 5.74) is -1.02. The molecule has 1 atom stereocenters. The number of carbonyl (C=O) groups excluding carboxylic acids is 1. The lowest BCUT2D eigenvalue weighted by molar-refractivity contribution is -0.160. The van der Waals surface area contributed by atoms with Gasteiger partial charge in [-0.1, -0.05) is 29.8 Å². The molecule has 1 aromatic rings. The van der Waals surface area contributed by atoms with E-state index in [4.69, 9.17) is 5.26 Å². The van der Waals surface area contributed by atoms with Crippen molar-refractivity contribution in [2.24, 2.45) is 0 Å². The minimum Gasteiger partial charge on any atom is -0.463 e. The number of aliphatic hydroxyl groups is 1. The Morgan fingerprint density at radius 1 is 1.50 bits per heavy atom. The summed E-state index contributed by atoms with van der Waals surface area (Å²) in [6, 6.07) is 8.09. The Balaban J connectivity index is 3.10.